The molecule has 2 saturated carbocycles. The van der Waals surface area contributed by atoms with Gasteiger partial charge in [0, 0.05) is 12.1 Å². The van der Waals surface area contributed by atoms with Crippen molar-refractivity contribution in [2.75, 3.05) is 0 Å². The van der Waals surface area contributed by atoms with Crippen LogP contribution in [-0.4, -0.2) is 23.9 Å². The van der Waals surface area contributed by atoms with Crippen LogP contribution >= 0.6 is 0 Å². The van der Waals surface area contributed by atoms with Crippen LogP contribution < -0.4 is 10.6 Å². The molecule has 4 heteroatoms. The van der Waals surface area contributed by atoms with Crippen LogP contribution in [0.4, 0.5) is 0 Å². The molecular weight excluding hydrogens is 456 g/mol. The lowest BCUT2D eigenvalue weighted by atomic mass is 9.75. The lowest BCUT2D eigenvalue weighted by Gasteiger charge is -2.35. The monoisotopic (exact) mass is 502 g/mol. The Kier molecular flexibility index (Phi) is 10.2. The Bertz CT molecular complexity index is 881. The van der Waals surface area contributed by atoms with Crippen molar-refractivity contribution < 1.29 is 9.59 Å². The molecule has 0 aromatic heterocycles. The molecule has 2 amide bonds. The van der Waals surface area contributed by atoms with E-state index in [2.05, 4.69) is 48.7 Å². The van der Waals surface area contributed by atoms with Crippen LogP contribution in [0, 0.1) is 11.8 Å². The first-order valence-electron chi connectivity index (χ1n) is 14.8. The molecule has 2 atom stereocenters. The molecule has 0 heterocycles. The van der Waals surface area contributed by atoms with Gasteiger partial charge in [0.05, 0.1) is 11.8 Å². The van der Waals surface area contributed by atoms with Crippen LogP contribution in [0.3, 0.4) is 0 Å². The topological polar surface area (TPSA) is 58.2 Å². The van der Waals surface area contributed by atoms with E-state index in [0.717, 1.165) is 61.5 Å². The van der Waals surface area contributed by atoms with E-state index in [4.69, 9.17) is 0 Å². The SMILES string of the molecule is CC[C@@H](C(=O)NC1CCC(CC2CCC(NC(=O)[C@H](CC)c3ccccc3)CC2)CC1)c1ccccc1. The Morgan fingerprint density at radius 1 is 0.622 bits per heavy atom. The molecule has 2 aliphatic rings. The van der Waals surface area contributed by atoms with E-state index in [1.165, 1.54) is 32.1 Å². The molecule has 37 heavy (non-hydrogen) atoms. The number of nitrogens with one attached hydrogen (secondary N) is 2. The molecule has 0 aliphatic heterocycles. The fraction of sp³-hybridized carbons (Fsp3) is 0.576. The lowest BCUT2D eigenvalue weighted by Crippen LogP contribution is -2.41. The number of carbonyl (C=O) groups excluding carboxylic acids is 2. The van der Waals surface area contributed by atoms with Gasteiger partial charge in [0.1, 0.15) is 0 Å². The molecule has 2 aromatic carbocycles. The third-order valence-corrected chi connectivity index (χ3v) is 8.91. The first-order chi connectivity index (χ1) is 18.1. The summed E-state index contributed by atoms with van der Waals surface area (Å²) in [5, 5.41) is 6.73. The minimum absolute atomic E-state index is 0.0464. The van der Waals surface area contributed by atoms with Crippen molar-refractivity contribution in [2.24, 2.45) is 11.8 Å². The minimum Gasteiger partial charge on any atom is -0.353 e. The smallest absolute Gasteiger partial charge is 0.227 e. The maximum atomic E-state index is 12.9. The van der Waals surface area contributed by atoms with Crippen molar-refractivity contribution in [3.8, 4) is 0 Å². The molecule has 2 aliphatic carbocycles. The average molecular weight is 503 g/mol. The molecule has 0 saturated heterocycles. The highest BCUT2D eigenvalue weighted by atomic mass is 16.2. The van der Waals surface area contributed by atoms with E-state index in [9.17, 15) is 9.59 Å². The van der Waals surface area contributed by atoms with Crippen LogP contribution in [0.1, 0.15) is 107 Å². The minimum atomic E-state index is -0.0464. The van der Waals surface area contributed by atoms with Crippen molar-refractivity contribution >= 4 is 11.8 Å². The van der Waals surface area contributed by atoms with Gasteiger partial charge in [0.25, 0.3) is 0 Å². The summed E-state index contributed by atoms with van der Waals surface area (Å²) in [7, 11) is 0. The summed E-state index contributed by atoms with van der Waals surface area (Å²) in [4.78, 5) is 25.9. The van der Waals surface area contributed by atoms with Gasteiger partial charge >= 0.3 is 0 Å². The lowest BCUT2D eigenvalue weighted by molar-refractivity contribution is -0.124. The van der Waals surface area contributed by atoms with Crippen LogP contribution in [0.2, 0.25) is 0 Å². The number of benzene rings is 2. The summed E-state index contributed by atoms with van der Waals surface area (Å²) < 4.78 is 0. The molecule has 2 aromatic rings. The molecule has 4 rings (SSSR count). The molecular formula is C33H46N2O2. The van der Waals surface area contributed by atoms with E-state index in [0.29, 0.717) is 12.1 Å². The zero-order chi connectivity index (χ0) is 26.0. The van der Waals surface area contributed by atoms with Crippen molar-refractivity contribution in [3.63, 3.8) is 0 Å². The number of hydrogen-bond acceptors (Lipinski definition) is 2. The van der Waals surface area contributed by atoms with Crippen LogP contribution in [0.25, 0.3) is 0 Å². The summed E-state index contributed by atoms with van der Waals surface area (Å²) in [5.41, 5.74) is 2.24. The van der Waals surface area contributed by atoms with Gasteiger partial charge in [-0.2, -0.15) is 0 Å². The Morgan fingerprint density at radius 3 is 1.30 bits per heavy atom. The molecule has 0 spiro atoms. The quantitative estimate of drug-likeness (QED) is 0.364. The second-order valence-corrected chi connectivity index (χ2v) is 11.4. The van der Waals surface area contributed by atoms with Gasteiger partial charge in [-0.1, -0.05) is 74.5 Å². The molecule has 0 bridgehead atoms. The van der Waals surface area contributed by atoms with Gasteiger partial charge in [-0.25, -0.2) is 0 Å². The van der Waals surface area contributed by atoms with E-state index in [1.807, 2.05) is 36.4 Å². The first-order valence-corrected chi connectivity index (χ1v) is 14.8. The fourth-order valence-corrected chi connectivity index (χ4v) is 6.68. The Morgan fingerprint density at radius 2 is 0.973 bits per heavy atom. The predicted molar refractivity (Wildman–Crippen MR) is 151 cm³/mol. The molecule has 2 fully saturated rings. The fourth-order valence-electron chi connectivity index (χ4n) is 6.68. The number of rotatable bonds is 10. The van der Waals surface area contributed by atoms with Crippen molar-refractivity contribution in [1.82, 2.24) is 10.6 Å². The van der Waals surface area contributed by atoms with Gasteiger partial charge in [-0.3, -0.25) is 9.59 Å². The van der Waals surface area contributed by atoms with Gasteiger partial charge in [0.2, 0.25) is 11.8 Å². The van der Waals surface area contributed by atoms with Crippen molar-refractivity contribution in [3.05, 3.63) is 71.8 Å². The number of amides is 2. The largest absolute Gasteiger partial charge is 0.353 e. The van der Waals surface area contributed by atoms with Gasteiger partial charge in [-0.05, 0) is 93.6 Å². The summed E-state index contributed by atoms with van der Waals surface area (Å²) in [6.07, 6.45) is 12.3. The van der Waals surface area contributed by atoms with Crippen molar-refractivity contribution in [2.45, 2.75) is 108 Å². The normalized spacial score (nSPS) is 25.6. The Hall–Kier alpha value is -2.62. The average Bonchev–Trinajstić information content (AvgIpc) is 2.93. The molecule has 200 valence electrons. The third kappa shape index (κ3) is 7.69. The summed E-state index contributed by atoms with van der Waals surface area (Å²) >= 11 is 0. The predicted octanol–water partition coefficient (Wildman–Crippen LogP) is 7.11. The zero-order valence-corrected chi connectivity index (χ0v) is 22.8. The van der Waals surface area contributed by atoms with Crippen LogP contribution in [-0.2, 0) is 9.59 Å². The molecule has 0 radical (unpaired) electrons. The standard InChI is InChI=1S/C33H46N2O2/c1-3-30(26-11-7-5-8-12-26)32(36)34-28-19-15-24(16-20-28)23-25-17-21-29(22-18-25)35-33(37)31(4-2)27-13-9-6-10-14-27/h5-14,24-25,28-31H,3-4,15-23H2,1-2H3,(H,34,36)(H,35,37)/t24?,25?,28?,29?,30-,31-/m1/s1. The second-order valence-electron chi connectivity index (χ2n) is 11.4. The Balaban J connectivity index is 1.16. The van der Waals surface area contributed by atoms with Gasteiger partial charge < -0.3 is 10.6 Å². The number of carbonyl (C=O) groups is 2. The molecule has 4 nitrogen and oxygen atoms in total. The van der Waals surface area contributed by atoms with Crippen molar-refractivity contribution in [1.29, 1.82) is 0 Å². The van der Waals surface area contributed by atoms with E-state index in [-0.39, 0.29) is 23.7 Å². The van der Waals surface area contributed by atoms with Gasteiger partial charge in [-0.15, -0.1) is 0 Å². The second kappa shape index (κ2) is 13.8. The summed E-state index contributed by atoms with van der Waals surface area (Å²) in [6.45, 7) is 4.19. The third-order valence-electron chi connectivity index (χ3n) is 8.91. The van der Waals surface area contributed by atoms with E-state index >= 15 is 0 Å². The highest BCUT2D eigenvalue weighted by Crippen LogP contribution is 2.36. The summed E-state index contributed by atoms with van der Waals surface area (Å²) in [6, 6.07) is 21.0. The van der Waals surface area contributed by atoms with Crippen LogP contribution in [0.15, 0.2) is 60.7 Å². The van der Waals surface area contributed by atoms with Crippen LogP contribution in [0.5, 0.6) is 0 Å². The summed E-state index contributed by atoms with van der Waals surface area (Å²) in [5.74, 6) is 1.85. The number of hydrogen-bond donors (Lipinski definition) is 2. The highest BCUT2D eigenvalue weighted by Gasteiger charge is 2.30. The Labute approximate surface area is 224 Å². The zero-order valence-electron chi connectivity index (χ0n) is 22.8. The molecule has 0 unspecified atom stereocenters. The van der Waals surface area contributed by atoms with E-state index < -0.39 is 0 Å². The molecule has 2 N–H and O–H groups in total. The maximum Gasteiger partial charge on any atom is 0.227 e. The van der Waals surface area contributed by atoms with E-state index in [1.54, 1.807) is 0 Å². The first kappa shape index (κ1) is 27.4. The highest BCUT2D eigenvalue weighted by molar-refractivity contribution is 5.84. The van der Waals surface area contributed by atoms with Gasteiger partial charge in [0.15, 0.2) is 0 Å². The maximum absolute atomic E-state index is 12.9.